The molecule has 0 bridgehead atoms. The van der Waals surface area contributed by atoms with Crippen LogP contribution in [0.25, 0.3) is 16.7 Å². The van der Waals surface area contributed by atoms with E-state index in [0.29, 0.717) is 0 Å². The summed E-state index contributed by atoms with van der Waals surface area (Å²) in [5.41, 5.74) is 7.77. The summed E-state index contributed by atoms with van der Waals surface area (Å²) in [5, 5.41) is 0. The topological polar surface area (TPSA) is 12.4 Å². The molecule has 1 nitrogen and oxygen atoms in total. The number of rotatable bonds is 5. The first-order chi connectivity index (χ1) is 13.4. The van der Waals surface area contributed by atoms with Gasteiger partial charge in [0.15, 0.2) is 0 Å². The Morgan fingerprint density at radius 3 is 1.89 bits per heavy atom. The van der Waals surface area contributed by atoms with Gasteiger partial charge in [0.2, 0.25) is 0 Å². The van der Waals surface area contributed by atoms with Crippen LogP contribution in [0.3, 0.4) is 0 Å². The van der Waals surface area contributed by atoms with Gasteiger partial charge in [-0.3, -0.25) is 4.99 Å². The predicted octanol–water partition coefficient (Wildman–Crippen LogP) is 6.58. The van der Waals surface area contributed by atoms with Crippen molar-refractivity contribution in [3.8, 4) is 11.1 Å². The lowest BCUT2D eigenvalue weighted by Crippen LogP contribution is -1.97. The molecule has 0 atom stereocenters. The highest BCUT2D eigenvalue weighted by molar-refractivity contribution is 5.81. The quantitative estimate of drug-likeness (QED) is 0.462. The van der Waals surface area contributed by atoms with E-state index in [2.05, 4.69) is 96.0 Å². The average Bonchev–Trinajstić information content (AvgIpc) is 2.76. The summed E-state index contributed by atoms with van der Waals surface area (Å²) in [7, 11) is 0. The first-order valence-corrected chi connectivity index (χ1v) is 9.48. The van der Waals surface area contributed by atoms with Gasteiger partial charge in [0, 0.05) is 6.21 Å². The van der Waals surface area contributed by atoms with Crippen molar-refractivity contribution in [1.29, 1.82) is 0 Å². The van der Waals surface area contributed by atoms with Crippen molar-refractivity contribution in [2.24, 2.45) is 4.99 Å². The van der Waals surface area contributed by atoms with Gasteiger partial charge in [0.25, 0.3) is 0 Å². The summed E-state index contributed by atoms with van der Waals surface area (Å²) >= 11 is 0. The van der Waals surface area contributed by atoms with E-state index in [4.69, 9.17) is 0 Å². The minimum atomic E-state index is 0.777. The molecule has 0 amide bonds. The van der Waals surface area contributed by atoms with E-state index in [-0.39, 0.29) is 0 Å². The Labute approximate surface area is 161 Å². The van der Waals surface area contributed by atoms with Crippen LogP contribution in [-0.2, 0) is 0 Å². The number of allylic oxidation sites excluding steroid dienone is 3. The molecule has 4 rings (SSSR count). The molecule has 0 saturated heterocycles. The molecule has 1 aliphatic carbocycles. The van der Waals surface area contributed by atoms with Crippen molar-refractivity contribution < 1.29 is 0 Å². The van der Waals surface area contributed by atoms with E-state index >= 15 is 0 Å². The van der Waals surface area contributed by atoms with Gasteiger partial charge in [-0.25, -0.2) is 0 Å². The van der Waals surface area contributed by atoms with Crippen LogP contribution in [0.2, 0.25) is 0 Å². The molecule has 132 valence electrons. The van der Waals surface area contributed by atoms with Gasteiger partial charge in [-0.2, -0.15) is 0 Å². The summed E-state index contributed by atoms with van der Waals surface area (Å²) in [6, 6.07) is 29.7. The maximum Gasteiger partial charge on any atom is 0.0603 e. The lowest BCUT2D eigenvalue weighted by Gasteiger charge is -2.13. The molecule has 0 aromatic heterocycles. The van der Waals surface area contributed by atoms with Gasteiger partial charge in [0.05, 0.1) is 6.54 Å². The zero-order chi connectivity index (χ0) is 18.3. The first-order valence-electron chi connectivity index (χ1n) is 9.48. The molecule has 0 radical (unpaired) electrons. The molecule has 1 heteroatoms. The minimum absolute atomic E-state index is 0.777. The van der Waals surface area contributed by atoms with E-state index in [0.717, 1.165) is 24.9 Å². The normalized spacial score (nSPS) is 14.1. The Bertz CT molecular complexity index is 962. The number of aliphatic imine (C=N–C) groups is 1. The van der Waals surface area contributed by atoms with Gasteiger partial charge < -0.3 is 0 Å². The maximum atomic E-state index is 4.64. The van der Waals surface area contributed by atoms with Crippen LogP contribution in [0.5, 0.6) is 0 Å². The molecule has 0 N–H and O–H groups in total. The molecule has 0 spiro atoms. The predicted molar refractivity (Wildman–Crippen MR) is 116 cm³/mol. The summed E-state index contributed by atoms with van der Waals surface area (Å²) in [4.78, 5) is 4.64. The van der Waals surface area contributed by atoms with Gasteiger partial charge in [-0.1, -0.05) is 97.1 Å². The van der Waals surface area contributed by atoms with E-state index < -0.39 is 0 Å². The molecule has 0 aliphatic heterocycles. The Balaban J connectivity index is 1.37. The van der Waals surface area contributed by atoms with Crippen molar-refractivity contribution in [2.75, 3.05) is 6.54 Å². The Morgan fingerprint density at radius 2 is 1.26 bits per heavy atom. The summed E-state index contributed by atoms with van der Waals surface area (Å²) < 4.78 is 0. The van der Waals surface area contributed by atoms with Crippen LogP contribution >= 0.6 is 0 Å². The van der Waals surface area contributed by atoms with Crippen LogP contribution in [0.1, 0.15) is 24.0 Å². The van der Waals surface area contributed by atoms with Crippen molar-refractivity contribution in [2.45, 2.75) is 12.8 Å². The third-order valence-corrected chi connectivity index (χ3v) is 4.93. The third-order valence-electron chi connectivity index (χ3n) is 4.93. The monoisotopic (exact) mass is 349 g/mol. The second-order valence-corrected chi connectivity index (χ2v) is 6.84. The third kappa shape index (κ3) is 4.51. The van der Waals surface area contributed by atoms with Gasteiger partial charge in [-0.05, 0) is 46.2 Å². The van der Waals surface area contributed by atoms with Crippen molar-refractivity contribution in [3.63, 3.8) is 0 Å². The molecule has 0 saturated carbocycles. The zero-order valence-electron chi connectivity index (χ0n) is 15.4. The van der Waals surface area contributed by atoms with E-state index in [1.54, 1.807) is 0 Å². The van der Waals surface area contributed by atoms with E-state index in [9.17, 15) is 0 Å². The maximum absolute atomic E-state index is 4.64. The van der Waals surface area contributed by atoms with Crippen LogP contribution < -0.4 is 0 Å². The lowest BCUT2D eigenvalue weighted by molar-refractivity contribution is 0.930. The lowest BCUT2D eigenvalue weighted by atomic mass is 9.93. The SMILES string of the molecule is C1=C(C/N=C/c2ccc(-c3ccccc3)cc2)CCC(c2ccccc2)=C1. The fraction of sp³-hybridized carbons (Fsp3) is 0.115. The smallest absolute Gasteiger partial charge is 0.0603 e. The minimum Gasteiger partial charge on any atom is -0.288 e. The van der Waals surface area contributed by atoms with Gasteiger partial charge >= 0.3 is 0 Å². The van der Waals surface area contributed by atoms with Crippen LogP contribution in [0, 0.1) is 0 Å². The molecular formula is C26H23N. The van der Waals surface area contributed by atoms with Crippen molar-refractivity contribution >= 4 is 11.8 Å². The fourth-order valence-electron chi connectivity index (χ4n) is 3.37. The second-order valence-electron chi connectivity index (χ2n) is 6.84. The average molecular weight is 349 g/mol. The van der Waals surface area contributed by atoms with Crippen molar-refractivity contribution in [3.05, 3.63) is 114 Å². The van der Waals surface area contributed by atoms with Crippen LogP contribution in [0.4, 0.5) is 0 Å². The fourth-order valence-corrected chi connectivity index (χ4v) is 3.37. The molecule has 27 heavy (non-hydrogen) atoms. The Kier molecular flexibility index (Phi) is 5.40. The molecule has 0 heterocycles. The highest BCUT2D eigenvalue weighted by Crippen LogP contribution is 2.26. The highest BCUT2D eigenvalue weighted by atomic mass is 14.7. The van der Waals surface area contributed by atoms with Gasteiger partial charge in [-0.15, -0.1) is 0 Å². The number of hydrogen-bond donors (Lipinski definition) is 0. The summed E-state index contributed by atoms with van der Waals surface area (Å²) in [6.45, 7) is 0.777. The number of hydrogen-bond acceptors (Lipinski definition) is 1. The standard InChI is InChI=1S/C26H23N/c1-3-7-23(8-4-1)25-15-11-21(12-16-25)19-27-20-22-13-17-26(18-14-22)24-9-5-2-6-10-24/h1-13,15-17,19H,14,18,20H2/b27-19+. The summed E-state index contributed by atoms with van der Waals surface area (Å²) in [5.74, 6) is 0. The van der Waals surface area contributed by atoms with E-state index in [1.165, 1.54) is 27.8 Å². The molecular weight excluding hydrogens is 326 g/mol. The number of nitrogens with zero attached hydrogens (tertiary/aromatic N) is 1. The van der Waals surface area contributed by atoms with Gasteiger partial charge in [0.1, 0.15) is 0 Å². The largest absolute Gasteiger partial charge is 0.288 e. The second kappa shape index (κ2) is 8.46. The number of benzene rings is 3. The van der Waals surface area contributed by atoms with E-state index in [1.807, 2.05) is 12.3 Å². The van der Waals surface area contributed by atoms with Crippen LogP contribution in [-0.4, -0.2) is 12.8 Å². The van der Waals surface area contributed by atoms with Crippen LogP contribution in [0.15, 0.2) is 108 Å². The molecule has 3 aromatic rings. The Hall–Kier alpha value is -3.19. The zero-order valence-corrected chi connectivity index (χ0v) is 15.4. The molecule has 3 aromatic carbocycles. The Morgan fingerprint density at radius 1 is 0.630 bits per heavy atom. The molecule has 0 unspecified atom stereocenters. The molecule has 1 aliphatic rings. The molecule has 0 fully saturated rings. The van der Waals surface area contributed by atoms with Crippen molar-refractivity contribution in [1.82, 2.24) is 0 Å². The summed E-state index contributed by atoms with van der Waals surface area (Å²) in [6.07, 6.45) is 8.65. The highest BCUT2D eigenvalue weighted by Gasteiger charge is 2.07. The first kappa shape index (κ1) is 17.2.